The molecule has 2 saturated heterocycles. The standard InChI is InChI=1S/C18H26ClN3O4S/c1-14-11-20(12-15(2)26-14)13-18(23)21-7-9-22(10-8-21)27(24,25)17-6-4-3-5-16(17)19/h3-6,14-15H,7-13H2,1-2H3/t14-,15+. The Labute approximate surface area is 165 Å². The molecule has 0 saturated carbocycles. The van der Waals surface area contributed by atoms with Crippen LogP contribution >= 0.6 is 11.6 Å². The Balaban J connectivity index is 1.57. The van der Waals surface area contributed by atoms with Gasteiger partial charge in [-0.05, 0) is 26.0 Å². The number of nitrogens with zero attached hydrogens (tertiary/aromatic N) is 3. The normalized spacial score (nSPS) is 25.5. The highest BCUT2D eigenvalue weighted by molar-refractivity contribution is 7.89. The maximum Gasteiger partial charge on any atom is 0.244 e. The van der Waals surface area contributed by atoms with E-state index >= 15 is 0 Å². The van der Waals surface area contributed by atoms with E-state index in [-0.39, 0.29) is 41.1 Å². The minimum Gasteiger partial charge on any atom is -0.373 e. The number of hydrogen-bond acceptors (Lipinski definition) is 5. The van der Waals surface area contributed by atoms with Crippen molar-refractivity contribution in [3.8, 4) is 0 Å². The average molecular weight is 416 g/mol. The van der Waals surface area contributed by atoms with Crippen molar-refractivity contribution >= 4 is 27.5 Å². The smallest absolute Gasteiger partial charge is 0.244 e. The molecular formula is C18H26ClN3O4S. The zero-order chi connectivity index (χ0) is 19.6. The summed E-state index contributed by atoms with van der Waals surface area (Å²) in [6, 6.07) is 6.43. The summed E-state index contributed by atoms with van der Waals surface area (Å²) in [5.41, 5.74) is 0. The fraction of sp³-hybridized carbons (Fsp3) is 0.611. The van der Waals surface area contributed by atoms with Crippen molar-refractivity contribution in [2.75, 3.05) is 45.8 Å². The molecule has 1 aromatic carbocycles. The molecule has 0 aromatic heterocycles. The summed E-state index contributed by atoms with van der Waals surface area (Å²) in [5.74, 6) is 0.0334. The van der Waals surface area contributed by atoms with E-state index in [4.69, 9.17) is 16.3 Å². The molecule has 1 amide bonds. The van der Waals surface area contributed by atoms with Crippen molar-refractivity contribution in [3.63, 3.8) is 0 Å². The SMILES string of the molecule is C[C@@H]1CN(CC(=O)N2CCN(S(=O)(=O)c3ccccc3Cl)CC2)C[C@H](C)O1. The monoisotopic (exact) mass is 415 g/mol. The number of hydrogen-bond donors (Lipinski definition) is 0. The Morgan fingerprint density at radius 3 is 2.30 bits per heavy atom. The van der Waals surface area contributed by atoms with Gasteiger partial charge in [0.25, 0.3) is 0 Å². The Hall–Kier alpha value is -1.19. The summed E-state index contributed by atoms with van der Waals surface area (Å²) in [6.07, 6.45) is 0.221. The first kappa shape index (κ1) is 20.5. The Kier molecular flexibility index (Phi) is 6.43. The Morgan fingerprint density at radius 1 is 1.11 bits per heavy atom. The summed E-state index contributed by atoms with van der Waals surface area (Å²) < 4.78 is 32.7. The van der Waals surface area contributed by atoms with E-state index in [2.05, 4.69) is 4.90 Å². The lowest BCUT2D eigenvalue weighted by Gasteiger charge is -2.38. The topological polar surface area (TPSA) is 70.2 Å². The third-order valence-corrected chi connectivity index (χ3v) is 7.30. The summed E-state index contributed by atoms with van der Waals surface area (Å²) in [4.78, 5) is 16.6. The van der Waals surface area contributed by atoms with Crippen LogP contribution < -0.4 is 0 Å². The molecule has 1 aromatic rings. The van der Waals surface area contributed by atoms with E-state index in [9.17, 15) is 13.2 Å². The molecule has 7 nitrogen and oxygen atoms in total. The van der Waals surface area contributed by atoms with Gasteiger partial charge in [0.15, 0.2) is 0 Å². The Bertz CT molecular complexity index is 771. The maximum atomic E-state index is 12.8. The van der Waals surface area contributed by atoms with Gasteiger partial charge in [-0.3, -0.25) is 9.69 Å². The van der Waals surface area contributed by atoms with Crippen LogP contribution in [0.25, 0.3) is 0 Å². The van der Waals surface area contributed by atoms with Crippen molar-refractivity contribution in [3.05, 3.63) is 29.3 Å². The van der Waals surface area contributed by atoms with Gasteiger partial charge in [0.2, 0.25) is 15.9 Å². The van der Waals surface area contributed by atoms with E-state index in [1.165, 1.54) is 10.4 Å². The van der Waals surface area contributed by atoms with Gasteiger partial charge in [-0.1, -0.05) is 23.7 Å². The molecule has 2 aliphatic rings. The zero-order valence-electron chi connectivity index (χ0n) is 15.7. The maximum absolute atomic E-state index is 12.8. The molecule has 150 valence electrons. The lowest BCUT2D eigenvalue weighted by Crippen LogP contribution is -2.54. The fourth-order valence-electron chi connectivity index (χ4n) is 3.68. The van der Waals surface area contributed by atoms with Crippen LogP contribution in [0.5, 0.6) is 0 Å². The van der Waals surface area contributed by atoms with Crippen molar-refractivity contribution in [1.29, 1.82) is 0 Å². The number of piperazine rings is 1. The van der Waals surface area contributed by atoms with Crippen molar-refractivity contribution in [1.82, 2.24) is 14.1 Å². The van der Waals surface area contributed by atoms with Gasteiger partial charge in [-0.25, -0.2) is 8.42 Å². The van der Waals surface area contributed by atoms with Gasteiger partial charge < -0.3 is 9.64 Å². The van der Waals surface area contributed by atoms with E-state index < -0.39 is 10.0 Å². The average Bonchev–Trinajstić information content (AvgIpc) is 2.61. The van der Waals surface area contributed by atoms with Crippen molar-refractivity contribution < 1.29 is 17.9 Å². The summed E-state index contributed by atoms with van der Waals surface area (Å²) in [7, 11) is -3.65. The van der Waals surface area contributed by atoms with E-state index in [0.717, 1.165) is 13.1 Å². The molecule has 27 heavy (non-hydrogen) atoms. The first-order valence-electron chi connectivity index (χ1n) is 9.17. The molecule has 0 aliphatic carbocycles. The summed E-state index contributed by atoms with van der Waals surface area (Å²) in [5, 5.41) is 0.214. The fourth-order valence-corrected chi connectivity index (χ4v) is 5.59. The van der Waals surface area contributed by atoms with Crippen molar-refractivity contribution in [2.24, 2.45) is 0 Å². The van der Waals surface area contributed by atoms with Gasteiger partial charge in [-0.2, -0.15) is 4.31 Å². The molecule has 0 spiro atoms. The number of halogens is 1. The van der Waals surface area contributed by atoms with E-state index in [1.54, 1.807) is 23.1 Å². The van der Waals surface area contributed by atoms with Crippen LogP contribution in [-0.2, 0) is 19.6 Å². The van der Waals surface area contributed by atoms with Gasteiger partial charge >= 0.3 is 0 Å². The van der Waals surface area contributed by atoms with Crippen LogP contribution in [0.3, 0.4) is 0 Å². The van der Waals surface area contributed by atoms with Crippen LogP contribution in [0.1, 0.15) is 13.8 Å². The van der Waals surface area contributed by atoms with Gasteiger partial charge in [-0.15, -0.1) is 0 Å². The van der Waals surface area contributed by atoms with E-state index in [0.29, 0.717) is 19.6 Å². The number of benzene rings is 1. The molecule has 9 heteroatoms. The van der Waals surface area contributed by atoms with Crippen LogP contribution in [0.15, 0.2) is 29.2 Å². The van der Waals surface area contributed by atoms with Crippen LogP contribution in [0.4, 0.5) is 0 Å². The number of carbonyl (C=O) groups excluding carboxylic acids is 1. The highest BCUT2D eigenvalue weighted by atomic mass is 35.5. The molecule has 2 heterocycles. The molecule has 2 fully saturated rings. The summed E-state index contributed by atoms with van der Waals surface area (Å²) in [6.45, 7) is 7.14. The number of ether oxygens (including phenoxy) is 1. The second-order valence-corrected chi connectivity index (χ2v) is 9.48. The third-order valence-electron chi connectivity index (χ3n) is 4.90. The van der Waals surface area contributed by atoms with Crippen molar-refractivity contribution in [2.45, 2.75) is 31.0 Å². The van der Waals surface area contributed by atoms with Crippen LogP contribution in [0, 0.1) is 0 Å². The number of sulfonamides is 1. The molecule has 2 aliphatic heterocycles. The molecular weight excluding hydrogens is 390 g/mol. The number of rotatable bonds is 4. The molecule has 0 radical (unpaired) electrons. The predicted molar refractivity (Wildman–Crippen MR) is 103 cm³/mol. The van der Waals surface area contributed by atoms with Gasteiger partial charge in [0, 0.05) is 39.3 Å². The Morgan fingerprint density at radius 2 is 1.70 bits per heavy atom. The molecule has 3 rings (SSSR count). The first-order valence-corrected chi connectivity index (χ1v) is 11.0. The molecule has 0 unspecified atom stereocenters. The minimum absolute atomic E-state index is 0.0334. The lowest BCUT2D eigenvalue weighted by molar-refractivity contribution is -0.137. The molecule has 0 bridgehead atoms. The zero-order valence-corrected chi connectivity index (χ0v) is 17.2. The highest BCUT2D eigenvalue weighted by Gasteiger charge is 2.32. The largest absolute Gasteiger partial charge is 0.373 e. The first-order chi connectivity index (χ1) is 12.8. The molecule has 2 atom stereocenters. The summed E-state index contributed by atoms with van der Waals surface area (Å²) >= 11 is 6.05. The number of morpholine rings is 1. The number of carbonyl (C=O) groups is 1. The second kappa shape index (κ2) is 8.45. The molecule has 0 N–H and O–H groups in total. The lowest BCUT2D eigenvalue weighted by atomic mass is 10.2. The van der Waals surface area contributed by atoms with E-state index in [1.807, 2.05) is 13.8 Å². The van der Waals surface area contributed by atoms with Crippen LogP contribution in [0.2, 0.25) is 5.02 Å². The number of amides is 1. The minimum atomic E-state index is -3.65. The highest BCUT2D eigenvalue weighted by Crippen LogP contribution is 2.25. The van der Waals surface area contributed by atoms with Crippen LogP contribution in [-0.4, -0.2) is 86.5 Å². The predicted octanol–water partition coefficient (Wildman–Crippen LogP) is 1.28. The third kappa shape index (κ3) is 4.81. The second-order valence-electron chi connectivity index (χ2n) is 7.17. The van der Waals surface area contributed by atoms with Gasteiger partial charge in [0.1, 0.15) is 4.90 Å². The van der Waals surface area contributed by atoms with Gasteiger partial charge in [0.05, 0.1) is 23.8 Å². The quantitative estimate of drug-likeness (QED) is 0.741.